The zero-order valence-electron chi connectivity index (χ0n) is 16.3. The van der Waals surface area contributed by atoms with Gasteiger partial charge in [0.2, 0.25) is 0 Å². The van der Waals surface area contributed by atoms with Crippen LogP contribution in [-0.2, 0) is 6.42 Å². The van der Waals surface area contributed by atoms with Gasteiger partial charge in [-0.15, -0.1) is 0 Å². The lowest BCUT2D eigenvalue weighted by molar-refractivity contribution is 0.649. The van der Waals surface area contributed by atoms with Gasteiger partial charge < -0.3 is 10.6 Å². The normalized spacial score (nSPS) is 15.3. The fourth-order valence-electron chi connectivity index (χ4n) is 2.97. The summed E-state index contributed by atoms with van der Waals surface area (Å²) in [7, 11) is 1.92. The summed E-state index contributed by atoms with van der Waals surface area (Å²) in [5.41, 5.74) is 6.44. The minimum Gasteiger partial charge on any atom is -0.364 e. The zero-order valence-corrected chi connectivity index (χ0v) is 16.3. The number of nitrogens with zero attached hydrogens (tertiary/aromatic N) is 1. The highest BCUT2D eigenvalue weighted by Crippen LogP contribution is 2.24. The maximum Gasteiger partial charge on any atom is 0.0720 e. The molecule has 0 heterocycles. The standard InChI is InChI=1S/C24H29N3/c1-6-18(3)27-23-12-10-8-9-11-22(23)17-20-13-15-21(16-14-20)24(25-5)19(4)26-7-2/h6-9,11-16,24-26H,1-2,4,10,17H2,3,5H3. The zero-order chi connectivity index (χ0) is 19.6. The molecule has 0 spiro atoms. The van der Waals surface area contributed by atoms with E-state index in [0.29, 0.717) is 0 Å². The van der Waals surface area contributed by atoms with Crippen molar-refractivity contribution in [3.05, 3.63) is 109 Å². The topological polar surface area (TPSA) is 36.4 Å². The van der Waals surface area contributed by atoms with Crippen molar-refractivity contribution in [2.45, 2.75) is 25.8 Å². The van der Waals surface area contributed by atoms with Gasteiger partial charge in [0.1, 0.15) is 0 Å². The Hall–Kier alpha value is -2.91. The summed E-state index contributed by atoms with van der Waals surface area (Å²) in [6.07, 6.45) is 13.7. The molecular formula is C24H29N3. The largest absolute Gasteiger partial charge is 0.364 e. The van der Waals surface area contributed by atoms with E-state index >= 15 is 0 Å². The highest BCUT2D eigenvalue weighted by Gasteiger charge is 2.13. The molecule has 27 heavy (non-hydrogen) atoms. The van der Waals surface area contributed by atoms with E-state index < -0.39 is 0 Å². The Labute approximate surface area is 163 Å². The average molecular weight is 360 g/mol. The molecule has 0 saturated heterocycles. The molecule has 3 heteroatoms. The lowest BCUT2D eigenvalue weighted by atomic mass is 9.98. The predicted octanol–water partition coefficient (Wildman–Crippen LogP) is 5.15. The van der Waals surface area contributed by atoms with Crippen LogP contribution in [0, 0.1) is 0 Å². The van der Waals surface area contributed by atoms with Crippen LogP contribution in [0.5, 0.6) is 0 Å². The van der Waals surface area contributed by atoms with Crippen molar-refractivity contribution in [1.82, 2.24) is 10.6 Å². The minimum absolute atomic E-state index is 0.0346. The average Bonchev–Trinajstić information content (AvgIpc) is 2.89. The molecule has 2 rings (SSSR count). The Kier molecular flexibility index (Phi) is 7.78. The van der Waals surface area contributed by atoms with E-state index in [1.165, 1.54) is 11.1 Å². The maximum atomic E-state index is 4.71. The molecule has 1 aromatic rings. The third kappa shape index (κ3) is 5.80. The molecule has 1 aliphatic carbocycles. The number of rotatable bonds is 9. The second-order valence-electron chi connectivity index (χ2n) is 6.42. The van der Waals surface area contributed by atoms with Crippen LogP contribution < -0.4 is 10.6 Å². The van der Waals surface area contributed by atoms with Crippen LogP contribution in [0.25, 0.3) is 0 Å². The Morgan fingerprint density at radius 1 is 1.26 bits per heavy atom. The molecule has 0 aromatic heterocycles. The fraction of sp³-hybridized carbons (Fsp3) is 0.208. The van der Waals surface area contributed by atoms with Crippen LogP contribution in [0.15, 0.2) is 103 Å². The van der Waals surface area contributed by atoms with Gasteiger partial charge in [-0.2, -0.15) is 0 Å². The summed E-state index contributed by atoms with van der Waals surface area (Å²) in [6, 6.07) is 8.64. The molecule has 0 radical (unpaired) electrons. The van der Waals surface area contributed by atoms with Gasteiger partial charge in [-0.1, -0.05) is 68.3 Å². The van der Waals surface area contributed by atoms with Crippen molar-refractivity contribution < 1.29 is 0 Å². The first-order valence-electron chi connectivity index (χ1n) is 9.15. The first-order valence-corrected chi connectivity index (χ1v) is 9.15. The van der Waals surface area contributed by atoms with Gasteiger partial charge in [-0.3, -0.25) is 4.99 Å². The number of hydrogen-bond donors (Lipinski definition) is 2. The molecular weight excluding hydrogens is 330 g/mol. The van der Waals surface area contributed by atoms with Crippen molar-refractivity contribution in [3.8, 4) is 0 Å². The summed E-state index contributed by atoms with van der Waals surface area (Å²) in [6.45, 7) is 13.5. The molecule has 0 aliphatic heterocycles. The highest BCUT2D eigenvalue weighted by molar-refractivity contribution is 5.93. The van der Waals surface area contributed by atoms with E-state index in [2.05, 4.69) is 78.9 Å². The molecule has 140 valence electrons. The second-order valence-corrected chi connectivity index (χ2v) is 6.42. The molecule has 1 unspecified atom stereocenters. The first-order chi connectivity index (χ1) is 13.1. The molecule has 1 aromatic carbocycles. The van der Waals surface area contributed by atoms with Crippen LogP contribution in [0.1, 0.15) is 30.5 Å². The monoisotopic (exact) mass is 359 g/mol. The molecule has 1 atom stereocenters. The lowest BCUT2D eigenvalue weighted by Gasteiger charge is -2.19. The molecule has 0 bridgehead atoms. The van der Waals surface area contributed by atoms with E-state index in [1.807, 2.05) is 14.0 Å². The number of nitrogens with one attached hydrogen (secondary N) is 2. The van der Waals surface area contributed by atoms with Gasteiger partial charge in [0.05, 0.1) is 11.7 Å². The Morgan fingerprint density at radius 3 is 2.63 bits per heavy atom. The van der Waals surface area contributed by atoms with Gasteiger partial charge in [0.15, 0.2) is 0 Å². The quantitative estimate of drug-likeness (QED) is 0.598. The van der Waals surface area contributed by atoms with Crippen LogP contribution in [-0.4, -0.2) is 12.8 Å². The Bertz CT molecular complexity index is 805. The SMILES string of the molecule is C=CNC(=C)C(NC)c1ccc(CC2=CC=CCC=C2N=C(C)C=C)cc1. The third-order valence-corrected chi connectivity index (χ3v) is 4.43. The van der Waals surface area contributed by atoms with E-state index in [-0.39, 0.29) is 6.04 Å². The summed E-state index contributed by atoms with van der Waals surface area (Å²) >= 11 is 0. The number of hydrogen-bond acceptors (Lipinski definition) is 3. The molecule has 3 nitrogen and oxygen atoms in total. The van der Waals surface area contributed by atoms with E-state index in [1.54, 1.807) is 12.3 Å². The van der Waals surface area contributed by atoms with Gasteiger partial charge >= 0.3 is 0 Å². The Morgan fingerprint density at radius 2 is 2.00 bits per heavy atom. The van der Waals surface area contributed by atoms with Crippen LogP contribution in [0.3, 0.4) is 0 Å². The molecule has 2 N–H and O–H groups in total. The summed E-state index contributed by atoms with van der Waals surface area (Å²) < 4.78 is 0. The smallest absolute Gasteiger partial charge is 0.0720 e. The summed E-state index contributed by atoms with van der Waals surface area (Å²) in [4.78, 5) is 4.71. The molecule has 0 saturated carbocycles. The van der Waals surface area contributed by atoms with Crippen LogP contribution in [0.4, 0.5) is 0 Å². The van der Waals surface area contributed by atoms with Crippen molar-refractivity contribution in [1.29, 1.82) is 0 Å². The van der Waals surface area contributed by atoms with Gasteiger partial charge in [0.25, 0.3) is 0 Å². The van der Waals surface area contributed by atoms with Crippen molar-refractivity contribution in [3.63, 3.8) is 0 Å². The minimum atomic E-state index is 0.0346. The van der Waals surface area contributed by atoms with Gasteiger partial charge in [-0.25, -0.2) is 0 Å². The summed E-state index contributed by atoms with van der Waals surface area (Å²) in [5, 5.41) is 6.35. The summed E-state index contributed by atoms with van der Waals surface area (Å²) in [5.74, 6) is 0. The van der Waals surface area contributed by atoms with E-state index in [0.717, 1.165) is 35.5 Å². The number of allylic oxidation sites excluding steroid dienone is 6. The van der Waals surface area contributed by atoms with Gasteiger partial charge in [0, 0.05) is 11.4 Å². The van der Waals surface area contributed by atoms with E-state index in [4.69, 9.17) is 4.99 Å². The molecule has 0 fully saturated rings. The Balaban J connectivity index is 2.20. The van der Waals surface area contributed by atoms with Crippen LogP contribution in [0.2, 0.25) is 0 Å². The van der Waals surface area contributed by atoms with Gasteiger partial charge in [-0.05, 0) is 55.8 Å². The van der Waals surface area contributed by atoms with Crippen LogP contribution >= 0.6 is 0 Å². The molecule has 1 aliphatic rings. The van der Waals surface area contributed by atoms with E-state index in [9.17, 15) is 0 Å². The predicted molar refractivity (Wildman–Crippen MR) is 118 cm³/mol. The van der Waals surface area contributed by atoms with Crippen molar-refractivity contribution in [2.24, 2.45) is 4.99 Å². The van der Waals surface area contributed by atoms with Crippen molar-refractivity contribution >= 4 is 5.71 Å². The number of benzene rings is 1. The second kappa shape index (κ2) is 10.3. The number of likely N-dealkylation sites (N-methyl/N-ethyl adjacent to an activating group) is 1. The maximum absolute atomic E-state index is 4.71. The highest BCUT2D eigenvalue weighted by atomic mass is 15.0. The third-order valence-electron chi connectivity index (χ3n) is 4.43. The number of aliphatic imine (C=N–C) groups is 1. The fourth-order valence-corrected chi connectivity index (χ4v) is 2.97. The first kappa shape index (κ1) is 20.4. The lowest BCUT2D eigenvalue weighted by Crippen LogP contribution is -2.24. The van der Waals surface area contributed by atoms with Crippen molar-refractivity contribution in [2.75, 3.05) is 7.05 Å². The molecule has 0 amide bonds.